The molecule has 0 radical (unpaired) electrons. The lowest BCUT2D eigenvalue weighted by molar-refractivity contribution is -0.0948. The number of hydrogen-bond acceptors (Lipinski definition) is 4. The third-order valence-electron chi connectivity index (χ3n) is 2.31. The van der Waals surface area contributed by atoms with Gasteiger partial charge >= 0.3 is 13.7 Å². The van der Waals surface area contributed by atoms with E-state index >= 15 is 0 Å². The number of alkyl halides is 3. The average Bonchev–Trinajstić information content (AvgIpc) is 2.38. The molecule has 9 heteroatoms. The van der Waals surface area contributed by atoms with Gasteiger partial charge in [0, 0.05) is 6.20 Å². The normalized spacial score (nSPS) is 22.8. The van der Waals surface area contributed by atoms with Gasteiger partial charge in [-0.1, -0.05) is 6.07 Å². The molecule has 0 saturated carbocycles. The Hall–Kier alpha value is -1.66. The largest absolute Gasteiger partial charge is 0.431 e. The number of rotatable bonds is 3. The fourth-order valence-corrected chi connectivity index (χ4v) is 3.06. The molecular formula is C11H11F3N3O2P. The van der Waals surface area contributed by atoms with Gasteiger partial charge in [0.2, 0.25) is 0 Å². The third kappa shape index (κ3) is 3.26. The van der Waals surface area contributed by atoms with E-state index in [0.717, 1.165) is 0 Å². The van der Waals surface area contributed by atoms with Gasteiger partial charge in [-0.05, 0) is 19.1 Å². The van der Waals surface area contributed by atoms with Gasteiger partial charge in [0.25, 0.3) is 0 Å². The smallest absolute Gasteiger partial charge is 0.334 e. The molecule has 1 aromatic rings. The van der Waals surface area contributed by atoms with Crippen molar-refractivity contribution in [3.05, 3.63) is 41.6 Å². The molecule has 5 nitrogen and oxygen atoms in total. The maximum absolute atomic E-state index is 12.8. The Morgan fingerprint density at radius 3 is 2.70 bits per heavy atom. The fourth-order valence-electron chi connectivity index (χ4n) is 1.53. The lowest BCUT2D eigenvalue weighted by atomic mass is 10.3. The van der Waals surface area contributed by atoms with Crippen molar-refractivity contribution >= 4 is 13.4 Å². The maximum atomic E-state index is 12.8. The first-order valence-electron chi connectivity index (χ1n) is 5.67. The predicted octanol–water partition coefficient (Wildman–Crippen LogP) is 3.06. The van der Waals surface area contributed by atoms with Crippen molar-refractivity contribution in [1.82, 2.24) is 10.3 Å². The third-order valence-corrected chi connectivity index (χ3v) is 4.00. The zero-order valence-electron chi connectivity index (χ0n) is 10.4. The van der Waals surface area contributed by atoms with Gasteiger partial charge in [0.15, 0.2) is 5.84 Å². The second-order valence-electron chi connectivity index (χ2n) is 3.81. The molecule has 0 amide bonds. The van der Waals surface area contributed by atoms with Crippen LogP contribution in [0.1, 0.15) is 12.6 Å². The number of nitrogens with one attached hydrogen (secondary N) is 1. The molecule has 2 heterocycles. The van der Waals surface area contributed by atoms with Gasteiger partial charge in [-0.3, -0.25) is 9.55 Å². The topological polar surface area (TPSA) is 63.6 Å². The summed E-state index contributed by atoms with van der Waals surface area (Å²) in [5.74, 6) is 0.264. The number of allylic oxidation sites excluding steroid dienone is 1. The van der Waals surface area contributed by atoms with E-state index in [1.54, 1.807) is 12.1 Å². The SMILES string of the molecule is CCOP1(=O)C=C(C(F)(F)F)NC(c2ccccn2)=N1. The quantitative estimate of drug-likeness (QED) is 0.872. The molecule has 0 bridgehead atoms. The summed E-state index contributed by atoms with van der Waals surface area (Å²) >= 11 is 0. The van der Waals surface area contributed by atoms with Gasteiger partial charge < -0.3 is 9.84 Å². The Morgan fingerprint density at radius 1 is 1.40 bits per heavy atom. The highest BCUT2D eigenvalue weighted by molar-refractivity contribution is 7.61. The number of amidine groups is 1. The maximum Gasteiger partial charge on any atom is 0.431 e. The van der Waals surface area contributed by atoms with E-state index in [-0.39, 0.29) is 18.1 Å². The van der Waals surface area contributed by atoms with Crippen LogP contribution in [0.2, 0.25) is 0 Å². The summed E-state index contributed by atoms with van der Waals surface area (Å²) in [5, 5.41) is 2.09. The van der Waals surface area contributed by atoms with Crippen molar-refractivity contribution < 1.29 is 22.3 Å². The van der Waals surface area contributed by atoms with Gasteiger partial charge in [-0.2, -0.15) is 17.9 Å². The minimum Gasteiger partial charge on any atom is -0.334 e. The monoisotopic (exact) mass is 305 g/mol. The van der Waals surface area contributed by atoms with Crippen LogP contribution in [0.15, 0.2) is 40.7 Å². The molecule has 0 spiro atoms. The summed E-state index contributed by atoms with van der Waals surface area (Å²) in [5.41, 5.74) is -1.01. The molecule has 1 unspecified atom stereocenters. The first-order valence-corrected chi connectivity index (χ1v) is 7.32. The highest BCUT2D eigenvalue weighted by Crippen LogP contribution is 2.54. The minimum atomic E-state index is -4.68. The van der Waals surface area contributed by atoms with Crippen LogP contribution in [-0.4, -0.2) is 23.6 Å². The number of halogens is 3. The highest BCUT2D eigenvalue weighted by atomic mass is 31.2. The summed E-state index contributed by atoms with van der Waals surface area (Å²) in [6.07, 6.45) is -3.28. The van der Waals surface area contributed by atoms with Crippen LogP contribution in [0.5, 0.6) is 0 Å². The molecule has 2 rings (SSSR count). The second-order valence-corrected chi connectivity index (χ2v) is 5.66. The average molecular weight is 305 g/mol. The van der Waals surface area contributed by atoms with E-state index in [1.165, 1.54) is 19.2 Å². The lowest BCUT2D eigenvalue weighted by Crippen LogP contribution is -2.34. The van der Waals surface area contributed by atoms with Crippen molar-refractivity contribution in [2.24, 2.45) is 4.76 Å². The Kier molecular flexibility index (Phi) is 3.96. The molecule has 0 fully saturated rings. The molecule has 1 aliphatic rings. The van der Waals surface area contributed by atoms with E-state index in [9.17, 15) is 17.7 Å². The van der Waals surface area contributed by atoms with Crippen LogP contribution in [-0.2, 0) is 9.09 Å². The Labute approximate surface area is 113 Å². The minimum absolute atomic E-state index is 0.0160. The molecule has 0 aliphatic carbocycles. The summed E-state index contributed by atoms with van der Waals surface area (Å²) in [6, 6.07) is 4.65. The molecule has 108 valence electrons. The first-order chi connectivity index (χ1) is 9.34. The number of pyridine rings is 1. The first kappa shape index (κ1) is 14.7. The van der Waals surface area contributed by atoms with E-state index in [4.69, 9.17) is 4.52 Å². The molecule has 0 saturated heterocycles. The van der Waals surface area contributed by atoms with Gasteiger partial charge in [0.05, 0.1) is 12.4 Å². The van der Waals surface area contributed by atoms with Crippen LogP contribution in [0.3, 0.4) is 0 Å². The van der Waals surface area contributed by atoms with Crippen molar-refractivity contribution in [2.75, 3.05) is 6.61 Å². The lowest BCUT2D eigenvalue weighted by Gasteiger charge is -2.22. The van der Waals surface area contributed by atoms with Crippen molar-refractivity contribution in [3.8, 4) is 0 Å². The van der Waals surface area contributed by atoms with Crippen LogP contribution >= 0.6 is 7.52 Å². The summed E-state index contributed by atoms with van der Waals surface area (Å²) in [7, 11) is -3.88. The number of aromatic nitrogens is 1. The highest BCUT2D eigenvalue weighted by Gasteiger charge is 2.40. The predicted molar refractivity (Wildman–Crippen MR) is 67.3 cm³/mol. The fraction of sp³-hybridized carbons (Fsp3) is 0.273. The van der Waals surface area contributed by atoms with Crippen LogP contribution < -0.4 is 5.32 Å². The molecule has 1 aliphatic heterocycles. The summed E-state index contributed by atoms with van der Waals surface area (Å²) in [6.45, 7) is 1.51. The van der Waals surface area contributed by atoms with Crippen LogP contribution in [0.4, 0.5) is 13.2 Å². The van der Waals surface area contributed by atoms with Crippen molar-refractivity contribution in [2.45, 2.75) is 13.1 Å². The zero-order valence-corrected chi connectivity index (χ0v) is 11.3. The molecule has 0 aromatic carbocycles. The zero-order chi connectivity index (χ0) is 14.8. The van der Waals surface area contributed by atoms with Crippen LogP contribution in [0, 0.1) is 0 Å². The van der Waals surface area contributed by atoms with Gasteiger partial charge in [0.1, 0.15) is 11.4 Å². The number of nitrogens with zero attached hydrogens (tertiary/aromatic N) is 2. The molecular weight excluding hydrogens is 294 g/mol. The van der Waals surface area contributed by atoms with E-state index in [2.05, 4.69) is 15.1 Å². The molecule has 1 aromatic heterocycles. The number of hydrogen-bond donors (Lipinski definition) is 1. The van der Waals surface area contributed by atoms with Crippen molar-refractivity contribution in [1.29, 1.82) is 0 Å². The Bertz CT molecular complexity index is 599. The van der Waals surface area contributed by atoms with Gasteiger partial charge in [-0.15, -0.1) is 0 Å². The van der Waals surface area contributed by atoms with Crippen LogP contribution in [0.25, 0.3) is 0 Å². The summed E-state index contributed by atoms with van der Waals surface area (Å²) in [4.78, 5) is 3.88. The molecule has 1 atom stereocenters. The van der Waals surface area contributed by atoms with E-state index in [0.29, 0.717) is 5.82 Å². The van der Waals surface area contributed by atoms with Crippen molar-refractivity contribution in [3.63, 3.8) is 0 Å². The Morgan fingerprint density at radius 2 is 2.15 bits per heavy atom. The standard InChI is InChI=1S/C11H11F3N3O2P/c1-2-19-20(18)7-9(11(12,13)14)16-10(17-20)8-5-3-4-6-15-8/h3-7H,2H2,1H3,(H,16,17,18). The van der Waals surface area contributed by atoms with E-state index in [1.807, 2.05) is 0 Å². The molecule has 20 heavy (non-hydrogen) atoms. The Balaban J connectivity index is 2.45. The van der Waals surface area contributed by atoms with E-state index < -0.39 is 19.4 Å². The van der Waals surface area contributed by atoms with Gasteiger partial charge in [-0.25, -0.2) is 0 Å². The summed E-state index contributed by atoms with van der Waals surface area (Å²) < 4.78 is 59.3. The molecule has 1 N–H and O–H groups in total. The second kappa shape index (κ2) is 5.38.